The molecular formula is C17H31Cl2N3O. The topological polar surface area (TPSA) is 49.6 Å². The Labute approximate surface area is 153 Å². The number of nitrogens with zero attached hydrogens (tertiary/aromatic N) is 2. The van der Waals surface area contributed by atoms with E-state index in [0.29, 0.717) is 18.2 Å². The number of nitrogens with two attached hydrogens (primary N) is 1. The van der Waals surface area contributed by atoms with E-state index in [9.17, 15) is 4.79 Å². The monoisotopic (exact) mass is 363 g/mol. The number of benzene rings is 1. The summed E-state index contributed by atoms with van der Waals surface area (Å²) in [4.78, 5) is 16.4. The molecule has 0 aliphatic carbocycles. The first kappa shape index (κ1) is 24.4. The van der Waals surface area contributed by atoms with Gasteiger partial charge in [-0.3, -0.25) is 9.69 Å². The maximum atomic E-state index is 12.3. The van der Waals surface area contributed by atoms with Crippen LogP contribution in [0.1, 0.15) is 43.6 Å². The molecule has 0 saturated carbocycles. The van der Waals surface area contributed by atoms with Gasteiger partial charge in [0.05, 0.1) is 0 Å². The van der Waals surface area contributed by atoms with Gasteiger partial charge in [0.25, 0.3) is 5.91 Å². The van der Waals surface area contributed by atoms with Gasteiger partial charge >= 0.3 is 0 Å². The van der Waals surface area contributed by atoms with Crippen LogP contribution >= 0.6 is 24.8 Å². The van der Waals surface area contributed by atoms with Crippen molar-refractivity contribution < 1.29 is 4.79 Å². The number of halogens is 2. The largest absolute Gasteiger partial charge is 0.338 e. The molecule has 0 spiro atoms. The molecule has 134 valence electrons. The predicted octanol–water partition coefficient (Wildman–Crippen LogP) is 3.18. The minimum Gasteiger partial charge on any atom is -0.338 e. The Hall–Kier alpha value is -0.810. The molecular weight excluding hydrogens is 333 g/mol. The number of carbonyl (C=O) groups is 1. The quantitative estimate of drug-likeness (QED) is 0.809. The van der Waals surface area contributed by atoms with E-state index in [-0.39, 0.29) is 36.8 Å². The average molecular weight is 364 g/mol. The Bertz CT molecular complexity index is 452. The summed E-state index contributed by atoms with van der Waals surface area (Å²) in [5, 5.41) is 0. The summed E-state index contributed by atoms with van der Waals surface area (Å²) >= 11 is 0. The molecule has 23 heavy (non-hydrogen) atoms. The second kappa shape index (κ2) is 11.7. The molecule has 6 heteroatoms. The molecule has 1 unspecified atom stereocenters. The van der Waals surface area contributed by atoms with Crippen LogP contribution in [0.2, 0.25) is 0 Å². The Morgan fingerprint density at radius 3 is 2.04 bits per heavy atom. The zero-order chi connectivity index (χ0) is 16.0. The predicted molar refractivity (Wildman–Crippen MR) is 103 cm³/mol. The number of rotatable bonds is 7. The molecule has 2 N–H and O–H groups in total. The zero-order valence-electron chi connectivity index (χ0n) is 14.8. The Kier molecular flexibility index (Phi) is 12.4. The first-order chi connectivity index (χ1) is 9.90. The second-order valence-electron chi connectivity index (χ2n) is 5.85. The highest BCUT2D eigenvalue weighted by molar-refractivity contribution is 5.94. The van der Waals surface area contributed by atoms with Crippen LogP contribution < -0.4 is 5.73 Å². The molecule has 1 aromatic carbocycles. The second-order valence-corrected chi connectivity index (χ2v) is 5.85. The van der Waals surface area contributed by atoms with Crippen molar-refractivity contribution in [2.75, 3.05) is 20.1 Å². The van der Waals surface area contributed by atoms with E-state index in [1.54, 1.807) is 11.9 Å². The summed E-state index contributed by atoms with van der Waals surface area (Å²) in [6.07, 6.45) is 0. The van der Waals surface area contributed by atoms with Crippen molar-refractivity contribution in [3.63, 3.8) is 0 Å². The van der Waals surface area contributed by atoms with Crippen LogP contribution in [0.15, 0.2) is 24.3 Å². The number of likely N-dealkylation sites (N-methyl/N-ethyl adjacent to an activating group) is 1. The first-order valence-corrected chi connectivity index (χ1v) is 7.70. The third-order valence-electron chi connectivity index (χ3n) is 4.05. The minimum atomic E-state index is 0. The van der Waals surface area contributed by atoms with Crippen LogP contribution in [-0.4, -0.2) is 47.9 Å². The van der Waals surface area contributed by atoms with Crippen LogP contribution in [0.5, 0.6) is 0 Å². The van der Waals surface area contributed by atoms with Gasteiger partial charge in [-0.15, -0.1) is 24.8 Å². The molecule has 0 heterocycles. The van der Waals surface area contributed by atoms with Crippen molar-refractivity contribution in [2.24, 2.45) is 5.73 Å². The fourth-order valence-electron chi connectivity index (χ4n) is 2.21. The molecule has 0 bridgehead atoms. The van der Waals surface area contributed by atoms with Gasteiger partial charge in [0.15, 0.2) is 0 Å². The third-order valence-corrected chi connectivity index (χ3v) is 4.05. The van der Waals surface area contributed by atoms with Crippen LogP contribution in [0.4, 0.5) is 0 Å². The molecule has 0 aliphatic heterocycles. The molecule has 0 aliphatic rings. The van der Waals surface area contributed by atoms with Crippen molar-refractivity contribution in [1.82, 2.24) is 9.80 Å². The van der Waals surface area contributed by atoms with E-state index >= 15 is 0 Å². The highest BCUT2D eigenvalue weighted by Gasteiger charge is 2.16. The van der Waals surface area contributed by atoms with E-state index in [0.717, 1.165) is 13.1 Å². The summed E-state index contributed by atoms with van der Waals surface area (Å²) in [7, 11) is 1.80. The summed E-state index contributed by atoms with van der Waals surface area (Å²) in [6.45, 7) is 10.9. The summed E-state index contributed by atoms with van der Waals surface area (Å²) in [5.74, 6) is 0.0238. The van der Waals surface area contributed by atoms with Crippen molar-refractivity contribution >= 4 is 30.7 Å². The Morgan fingerprint density at radius 2 is 1.65 bits per heavy atom. The number of hydrogen-bond acceptors (Lipinski definition) is 3. The van der Waals surface area contributed by atoms with Crippen LogP contribution in [0.3, 0.4) is 0 Å². The average Bonchev–Trinajstić information content (AvgIpc) is 2.50. The smallest absolute Gasteiger partial charge is 0.253 e. The molecule has 0 radical (unpaired) electrons. The molecule has 1 aromatic rings. The van der Waals surface area contributed by atoms with Gasteiger partial charge in [-0.05, 0) is 45.0 Å². The first-order valence-electron chi connectivity index (χ1n) is 7.70. The molecule has 1 amide bonds. The SMILES string of the molecule is CCN(Cc1ccc(C(=O)N(C)C(C)CN)cc1)C(C)C.Cl.Cl. The van der Waals surface area contributed by atoms with Gasteiger partial charge in [0, 0.05) is 37.8 Å². The van der Waals surface area contributed by atoms with Crippen molar-refractivity contribution in [2.45, 2.75) is 46.3 Å². The van der Waals surface area contributed by atoms with Gasteiger partial charge in [-0.25, -0.2) is 0 Å². The van der Waals surface area contributed by atoms with E-state index in [1.165, 1.54) is 5.56 Å². The van der Waals surface area contributed by atoms with Crippen LogP contribution in [0, 0.1) is 0 Å². The van der Waals surface area contributed by atoms with Crippen LogP contribution in [0.25, 0.3) is 0 Å². The zero-order valence-corrected chi connectivity index (χ0v) is 16.4. The van der Waals surface area contributed by atoms with Gasteiger partial charge in [0.1, 0.15) is 0 Å². The lowest BCUT2D eigenvalue weighted by Crippen LogP contribution is -2.39. The Morgan fingerprint density at radius 1 is 1.13 bits per heavy atom. The van der Waals surface area contributed by atoms with Gasteiger partial charge in [-0.2, -0.15) is 0 Å². The fraction of sp³-hybridized carbons (Fsp3) is 0.588. The normalized spacial score (nSPS) is 11.7. The highest BCUT2D eigenvalue weighted by atomic mass is 35.5. The maximum Gasteiger partial charge on any atom is 0.253 e. The highest BCUT2D eigenvalue weighted by Crippen LogP contribution is 2.12. The van der Waals surface area contributed by atoms with E-state index in [4.69, 9.17) is 5.73 Å². The Balaban J connectivity index is 0. The van der Waals surface area contributed by atoms with Crippen molar-refractivity contribution in [1.29, 1.82) is 0 Å². The fourth-order valence-corrected chi connectivity index (χ4v) is 2.21. The van der Waals surface area contributed by atoms with E-state index in [1.807, 2.05) is 31.2 Å². The number of hydrogen-bond donors (Lipinski definition) is 1. The maximum absolute atomic E-state index is 12.3. The van der Waals surface area contributed by atoms with Gasteiger partial charge < -0.3 is 10.6 Å². The minimum absolute atomic E-state index is 0. The molecule has 1 rings (SSSR count). The van der Waals surface area contributed by atoms with Gasteiger partial charge in [0.2, 0.25) is 0 Å². The van der Waals surface area contributed by atoms with Crippen molar-refractivity contribution in [3.05, 3.63) is 35.4 Å². The lowest BCUT2D eigenvalue weighted by molar-refractivity contribution is 0.0748. The summed E-state index contributed by atoms with van der Waals surface area (Å²) in [6, 6.07) is 8.47. The van der Waals surface area contributed by atoms with Crippen LogP contribution in [-0.2, 0) is 6.54 Å². The standard InChI is InChI=1S/C17H29N3O.2ClH/c1-6-20(13(2)3)12-15-7-9-16(10-8-15)17(21)19(5)14(4)11-18;;/h7-10,13-14H,6,11-12,18H2,1-5H3;2*1H. The van der Waals surface area contributed by atoms with Crippen molar-refractivity contribution in [3.8, 4) is 0 Å². The third kappa shape index (κ3) is 7.08. The summed E-state index contributed by atoms with van der Waals surface area (Å²) in [5.41, 5.74) is 7.56. The molecule has 4 nitrogen and oxygen atoms in total. The molecule has 1 atom stereocenters. The lowest BCUT2D eigenvalue weighted by Gasteiger charge is -2.25. The van der Waals surface area contributed by atoms with Gasteiger partial charge in [-0.1, -0.05) is 19.1 Å². The summed E-state index contributed by atoms with van der Waals surface area (Å²) < 4.78 is 0. The molecule has 0 aromatic heterocycles. The molecule has 0 fully saturated rings. The number of carbonyl (C=O) groups excluding carboxylic acids is 1. The lowest BCUT2D eigenvalue weighted by atomic mass is 10.1. The molecule has 0 saturated heterocycles. The van der Waals surface area contributed by atoms with E-state index in [2.05, 4.69) is 25.7 Å². The van der Waals surface area contributed by atoms with E-state index < -0.39 is 0 Å². The number of amides is 1.